The average molecular weight is 242 g/mol. The number of nitrogens with two attached hydrogens (primary N) is 1. The van der Waals surface area contributed by atoms with Gasteiger partial charge in [0.05, 0.1) is 12.1 Å². The van der Waals surface area contributed by atoms with Gasteiger partial charge in [0, 0.05) is 12.6 Å². The van der Waals surface area contributed by atoms with Crippen LogP contribution in [0.1, 0.15) is 5.56 Å². The molecule has 0 saturated heterocycles. The summed E-state index contributed by atoms with van der Waals surface area (Å²) in [6.07, 6.45) is 2.64. The summed E-state index contributed by atoms with van der Waals surface area (Å²) in [5.74, 6) is 0. The second kappa shape index (κ2) is 6.23. The fourth-order valence-electron chi connectivity index (χ4n) is 1.65. The molecule has 0 saturated carbocycles. The van der Waals surface area contributed by atoms with Gasteiger partial charge in [-0.1, -0.05) is 54.6 Å². The Bertz CT molecular complexity index is 477. The van der Waals surface area contributed by atoms with Gasteiger partial charge in [-0.25, -0.2) is 4.40 Å². The minimum atomic E-state index is 0.819. The van der Waals surface area contributed by atoms with Crippen molar-refractivity contribution in [3.05, 3.63) is 60.2 Å². The molecule has 0 aliphatic heterocycles. The molecule has 0 bridgehead atoms. The van der Waals surface area contributed by atoms with E-state index in [1.807, 2.05) is 24.4 Å². The fourth-order valence-corrected chi connectivity index (χ4v) is 1.81. The molecule has 0 aliphatic rings. The lowest BCUT2D eigenvalue weighted by Crippen LogP contribution is -1.86. The van der Waals surface area contributed by atoms with Crippen LogP contribution in [0.3, 0.4) is 0 Å². The Hall–Kier alpha value is -1.58. The molecule has 0 aliphatic carbocycles. The van der Waals surface area contributed by atoms with Crippen LogP contribution >= 0.6 is 12.1 Å². The van der Waals surface area contributed by atoms with E-state index in [0.717, 1.165) is 18.6 Å². The van der Waals surface area contributed by atoms with E-state index in [2.05, 4.69) is 40.8 Å². The third-order valence-electron chi connectivity index (χ3n) is 2.52. The second-order valence-corrected chi connectivity index (χ2v) is 4.08. The van der Waals surface area contributed by atoms with Gasteiger partial charge in [0.1, 0.15) is 0 Å². The largest absolute Gasteiger partial charge is 0.258 e. The first-order chi connectivity index (χ1) is 8.40. The van der Waals surface area contributed by atoms with Crippen molar-refractivity contribution >= 4 is 18.3 Å². The first kappa shape index (κ1) is 11.9. The van der Waals surface area contributed by atoms with Crippen molar-refractivity contribution in [2.75, 3.05) is 0 Å². The summed E-state index contributed by atoms with van der Waals surface area (Å²) in [5, 5.41) is 5.21. The lowest BCUT2D eigenvalue weighted by molar-refractivity contribution is 1.36. The van der Waals surface area contributed by atoms with Crippen LogP contribution in [0.25, 0.3) is 11.1 Å². The van der Waals surface area contributed by atoms with E-state index in [4.69, 9.17) is 5.14 Å². The predicted octanol–water partition coefficient (Wildman–Crippen LogP) is 3.49. The van der Waals surface area contributed by atoms with Crippen LogP contribution < -0.4 is 5.14 Å². The fraction of sp³-hybridized carbons (Fsp3) is 0.0714. The van der Waals surface area contributed by atoms with Crippen LogP contribution in [0, 0.1) is 0 Å². The second-order valence-electron chi connectivity index (χ2n) is 3.66. The summed E-state index contributed by atoms with van der Waals surface area (Å²) in [7, 11) is 0. The van der Waals surface area contributed by atoms with E-state index < -0.39 is 0 Å². The highest BCUT2D eigenvalue weighted by Gasteiger charge is 1.96. The maximum Gasteiger partial charge on any atom is 0.0552 e. The van der Waals surface area contributed by atoms with E-state index in [0.29, 0.717) is 0 Å². The number of hydrogen-bond donors (Lipinski definition) is 1. The summed E-state index contributed by atoms with van der Waals surface area (Å²) < 4.78 is 3.92. The lowest BCUT2D eigenvalue weighted by atomic mass is 10.0. The van der Waals surface area contributed by atoms with Crippen molar-refractivity contribution in [3.8, 4) is 11.1 Å². The molecule has 0 atom stereocenters. The van der Waals surface area contributed by atoms with Crippen LogP contribution in [-0.4, -0.2) is 6.21 Å². The monoisotopic (exact) mass is 242 g/mol. The zero-order valence-corrected chi connectivity index (χ0v) is 10.2. The minimum Gasteiger partial charge on any atom is -0.258 e. The molecule has 0 radical (unpaired) electrons. The Kier molecular flexibility index (Phi) is 4.36. The van der Waals surface area contributed by atoms with E-state index in [1.165, 1.54) is 16.7 Å². The Labute approximate surface area is 106 Å². The molecule has 0 aromatic heterocycles. The lowest BCUT2D eigenvalue weighted by Gasteiger charge is -2.02. The van der Waals surface area contributed by atoms with Crippen molar-refractivity contribution in [1.29, 1.82) is 0 Å². The van der Waals surface area contributed by atoms with Crippen LogP contribution in [0.2, 0.25) is 0 Å². The van der Waals surface area contributed by atoms with Crippen LogP contribution in [0.5, 0.6) is 0 Å². The highest BCUT2D eigenvalue weighted by molar-refractivity contribution is 7.95. The van der Waals surface area contributed by atoms with Crippen LogP contribution in [0.15, 0.2) is 59.0 Å². The van der Waals surface area contributed by atoms with E-state index >= 15 is 0 Å². The van der Waals surface area contributed by atoms with Gasteiger partial charge in [0.25, 0.3) is 0 Å². The first-order valence-electron chi connectivity index (χ1n) is 5.42. The maximum atomic E-state index is 5.21. The minimum absolute atomic E-state index is 0.819. The molecule has 2 aromatic rings. The van der Waals surface area contributed by atoms with Gasteiger partial charge >= 0.3 is 0 Å². The number of rotatable bonds is 4. The standard InChI is InChI=1S/C14H14N2S/c15-17-16-11-10-12-6-8-14(9-7-12)13-4-2-1-3-5-13/h1-9,11H,10,15H2. The van der Waals surface area contributed by atoms with Crippen molar-refractivity contribution in [3.63, 3.8) is 0 Å². The molecule has 0 heterocycles. The summed E-state index contributed by atoms with van der Waals surface area (Å²) in [4.78, 5) is 0. The van der Waals surface area contributed by atoms with Crippen molar-refractivity contribution < 1.29 is 0 Å². The summed E-state index contributed by atoms with van der Waals surface area (Å²) >= 11 is 0.990. The predicted molar refractivity (Wildman–Crippen MR) is 75.9 cm³/mol. The molecule has 0 spiro atoms. The molecule has 0 unspecified atom stereocenters. The van der Waals surface area contributed by atoms with Gasteiger partial charge in [-0.05, 0) is 16.7 Å². The van der Waals surface area contributed by atoms with Gasteiger partial charge in [0.2, 0.25) is 0 Å². The average Bonchev–Trinajstić information content (AvgIpc) is 2.41. The van der Waals surface area contributed by atoms with Gasteiger partial charge < -0.3 is 0 Å². The van der Waals surface area contributed by atoms with Crippen molar-refractivity contribution in [2.45, 2.75) is 6.42 Å². The summed E-state index contributed by atoms with van der Waals surface area (Å²) in [5.41, 5.74) is 3.72. The highest BCUT2D eigenvalue weighted by atomic mass is 32.2. The maximum absolute atomic E-state index is 5.21. The Morgan fingerprint density at radius 1 is 0.941 bits per heavy atom. The van der Waals surface area contributed by atoms with Crippen LogP contribution in [-0.2, 0) is 6.42 Å². The molecule has 2 nitrogen and oxygen atoms in total. The SMILES string of the molecule is NSN=CCc1ccc(-c2ccccc2)cc1. The first-order valence-corrected chi connectivity index (χ1v) is 6.26. The van der Waals surface area contributed by atoms with E-state index in [-0.39, 0.29) is 0 Å². The Balaban J connectivity index is 2.11. The molecular formula is C14H14N2S. The number of benzene rings is 2. The third-order valence-corrected chi connectivity index (χ3v) is 2.79. The Morgan fingerprint density at radius 2 is 1.59 bits per heavy atom. The van der Waals surface area contributed by atoms with Crippen molar-refractivity contribution in [2.24, 2.45) is 9.54 Å². The number of hydrogen-bond acceptors (Lipinski definition) is 3. The molecule has 0 amide bonds. The molecule has 2 rings (SSSR count). The smallest absolute Gasteiger partial charge is 0.0552 e. The van der Waals surface area contributed by atoms with E-state index in [9.17, 15) is 0 Å². The molecular weight excluding hydrogens is 228 g/mol. The van der Waals surface area contributed by atoms with Crippen LogP contribution in [0.4, 0.5) is 0 Å². The highest BCUT2D eigenvalue weighted by Crippen LogP contribution is 2.19. The molecule has 2 aromatic carbocycles. The van der Waals surface area contributed by atoms with Gasteiger partial charge in [-0.3, -0.25) is 5.14 Å². The molecule has 17 heavy (non-hydrogen) atoms. The summed E-state index contributed by atoms with van der Waals surface area (Å²) in [6, 6.07) is 18.9. The number of nitrogens with zero attached hydrogens (tertiary/aromatic N) is 1. The van der Waals surface area contributed by atoms with E-state index in [1.54, 1.807) is 0 Å². The molecule has 0 fully saturated rings. The molecule has 3 heteroatoms. The van der Waals surface area contributed by atoms with Gasteiger partial charge in [0.15, 0.2) is 0 Å². The Morgan fingerprint density at radius 3 is 2.24 bits per heavy atom. The summed E-state index contributed by atoms with van der Waals surface area (Å²) in [6.45, 7) is 0. The topological polar surface area (TPSA) is 38.4 Å². The third kappa shape index (κ3) is 3.44. The quantitative estimate of drug-likeness (QED) is 0.658. The zero-order chi connectivity index (χ0) is 11.9. The van der Waals surface area contributed by atoms with Crippen molar-refractivity contribution in [1.82, 2.24) is 0 Å². The molecule has 86 valence electrons. The molecule has 2 N–H and O–H groups in total. The van der Waals surface area contributed by atoms with Gasteiger partial charge in [-0.15, -0.1) is 0 Å². The zero-order valence-electron chi connectivity index (χ0n) is 9.41. The normalized spacial score (nSPS) is 10.9. The van der Waals surface area contributed by atoms with Gasteiger partial charge in [-0.2, -0.15) is 0 Å².